The monoisotopic (exact) mass is 517 g/mol. The second-order valence-corrected chi connectivity index (χ2v) is 8.48. The summed E-state index contributed by atoms with van der Waals surface area (Å²) in [6.45, 7) is 5.52. The lowest BCUT2D eigenvalue weighted by Gasteiger charge is -2.12. The van der Waals surface area contributed by atoms with Crippen LogP contribution in [-0.4, -0.2) is 46.5 Å². The molecule has 4 aromatic rings. The van der Waals surface area contributed by atoms with Gasteiger partial charge in [0.25, 0.3) is 17.7 Å². The molecule has 2 aromatic carbocycles. The van der Waals surface area contributed by atoms with Crippen LogP contribution in [0.2, 0.25) is 0 Å². The molecular formula is C26H27N7O5. The van der Waals surface area contributed by atoms with E-state index in [2.05, 4.69) is 36.5 Å². The zero-order valence-corrected chi connectivity index (χ0v) is 21.5. The molecule has 0 bridgehead atoms. The van der Waals surface area contributed by atoms with Crippen molar-refractivity contribution in [1.82, 2.24) is 25.6 Å². The van der Waals surface area contributed by atoms with E-state index >= 15 is 0 Å². The molecule has 2 aromatic heterocycles. The number of amides is 3. The van der Waals surface area contributed by atoms with Gasteiger partial charge in [-0.3, -0.25) is 24.1 Å². The van der Waals surface area contributed by atoms with Crippen LogP contribution in [0.4, 0.5) is 17.2 Å². The maximum atomic E-state index is 13.3. The summed E-state index contributed by atoms with van der Waals surface area (Å²) in [5.74, 6) is -0.738. The third-order valence-corrected chi connectivity index (χ3v) is 5.96. The normalized spacial score (nSPS) is 10.8. The van der Waals surface area contributed by atoms with Crippen LogP contribution in [-0.2, 0) is 9.68 Å². The van der Waals surface area contributed by atoms with E-state index in [4.69, 9.17) is 4.84 Å². The smallest absolute Gasteiger partial charge is 0.274 e. The Labute approximate surface area is 218 Å². The second kappa shape index (κ2) is 11.1. The number of hydrogen-bond donors (Lipinski definition) is 4. The lowest BCUT2D eigenvalue weighted by Crippen LogP contribution is -2.22. The zero-order chi connectivity index (χ0) is 27.4. The van der Waals surface area contributed by atoms with Gasteiger partial charge in [0.1, 0.15) is 11.8 Å². The van der Waals surface area contributed by atoms with Gasteiger partial charge >= 0.3 is 0 Å². The van der Waals surface area contributed by atoms with Crippen LogP contribution >= 0.6 is 0 Å². The summed E-state index contributed by atoms with van der Waals surface area (Å²) >= 11 is 0. The van der Waals surface area contributed by atoms with E-state index in [1.165, 1.54) is 20.5 Å². The molecule has 0 aliphatic carbocycles. The SMILES string of the molecule is CONC(=O)c1ccc(C)c(NC(=O)c2cn3ncnc(Nc4cc(C(=O)NOC)ccc4C)c3c2C)c1. The van der Waals surface area contributed by atoms with Crippen molar-refractivity contribution in [3.8, 4) is 0 Å². The summed E-state index contributed by atoms with van der Waals surface area (Å²) in [6, 6.07) is 10.1. The molecule has 4 rings (SSSR count). The van der Waals surface area contributed by atoms with Crippen LogP contribution in [0.25, 0.3) is 5.52 Å². The van der Waals surface area contributed by atoms with Crippen LogP contribution in [0, 0.1) is 20.8 Å². The molecule has 0 radical (unpaired) electrons. The molecule has 4 N–H and O–H groups in total. The quantitative estimate of drug-likeness (QED) is 0.260. The number of fused-ring (bicyclic) bond motifs is 1. The molecule has 0 fully saturated rings. The fourth-order valence-electron chi connectivity index (χ4n) is 3.90. The first-order valence-corrected chi connectivity index (χ1v) is 11.5. The minimum atomic E-state index is -0.432. The van der Waals surface area contributed by atoms with Crippen molar-refractivity contribution in [2.24, 2.45) is 0 Å². The average Bonchev–Trinajstić information content (AvgIpc) is 3.24. The number of anilines is 3. The molecule has 12 nitrogen and oxygen atoms in total. The van der Waals surface area contributed by atoms with Crippen LogP contribution in [0.5, 0.6) is 0 Å². The Morgan fingerprint density at radius 3 is 2.00 bits per heavy atom. The van der Waals surface area contributed by atoms with Gasteiger partial charge in [0.05, 0.1) is 19.8 Å². The first-order valence-electron chi connectivity index (χ1n) is 11.5. The standard InChI is InChI=1S/C26H27N7O5/c1-14-6-8-17(24(34)31-37-4)10-20(14)29-23-22-16(3)19(12-33(22)28-13-27-23)26(36)30-21-11-18(9-7-15(21)2)25(35)32-38-5/h6-13H,1-5H3,(H,30,36)(H,31,34)(H,32,35)(H,27,28,29). The van der Waals surface area contributed by atoms with Crippen molar-refractivity contribution in [3.63, 3.8) is 0 Å². The van der Waals surface area contributed by atoms with E-state index in [1.807, 2.05) is 13.8 Å². The Bertz CT molecular complexity index is 1550. The van der Waals surface area contributed by atoms with Gasteiger partial charge in [-0.15, -0.1) is 0 Å². The number of carbonyl (C=O) groups is 3. The zero-order valence-electron chi connectivity index (χ0n) is 21.5. The first kappa shape index (κ1) is 26.3. The highest BCUT2D eigenvalue weighted by Crippen LogP contribution is 2.28. The summed E-state index contributed by atoms with van der Waals surface area (Å²) in [4.78, 5) is 51.4. The number of hydrogen-bond acceptors (Lipinski definition) is 8. The lowest BCUT2D eigenvalue weighted by atomic mass is 10.1. The molecule has 3 amide bonds. The van der Waals surface area contributed by atoms with E-state index in [-0.39, 0.29) is 11.8 Å². The van der Waals surface area contributed by atoms with E-state index in [1.54, 1.807) is 54.0 Å². The Hall–Kier alpha value is -4.81. The third-order valence-electron chi connectivity index (χ3n) is 5.96. The molecule has 0 atom stereocenters. The average molecular weight is 518 g/mol. The molecule has 0 unspecified atom stereocenters. The Morgan fingerprint density at radius 1 is 0.816 bits per heavy atom. The van der Waals surface area contributed by atoms with Gasteiger partial charge in [-0.25, -0.2) is 20.5 Å². The predicted molar refractivity (Wildman–Crippen MR) is 140 cm³/mol. The molecule has 196 valence electrons. The van der Waals surface area contributed by atoms with Gasteiger partial charge in [0.15, 0.2) is 5.82 Å². The van der Waals surface area contributed by atoms with Crippen LogP contribution in [0.3, 0.4) is 0 Å². The van der Waals surface area contributed by atoms with Crippen molar-refractivity contribution in [2.75, 3.05) is 24.9 Å². The summed E-state index contributed by atoms with van der Waals surface area (Å²) < 4.78 is 1.56. The van der Waals surface area contributed by atoms with Crippen LogP contribution < -0.4 is 21.6 Å². The molecule has 0 aliphatic heterocycles. The highest BCUT2D eigenvalue weighted by atomic mass is 16.6. The van der Waals surface area contributed by atoms with E-state index < -0.39 is 5.91 Å². The molecule has 0 saturated heterocycles. The van der Waals surface area contributed by atoms with Crippen molar-refractivity contribution >= 4 is 40.4 Å². The highest BCUT2D eigenvalue weighted by molar-refractivity contribution is 6.08. The van der Waals surface area contributed by atoms with Crippen molar-refractivity contribution in [1.29, 1.82) is 0 Å². The maximum Gasteiger partial charge on any atom is 0.274 e. The predicted octanol–water partition coefficient (Wildman–Crippen LogP) is 3.23. The maximum absolute atomic E-state index is 13.3. The minimum Gasteiger partial charge on any atom is -0.338 e. The third kappa shape index (κ3) is 5.31. The molecule has 0 spiro atoms. The van der Waals surface area contributed by atoms with E-state index in [0.29, 0.717) is 45.0 Å². The molecular weight excluding hydrogens is 490 g/mol. The second-order valence-electron chi connectivity index (χ2n) is 8.48. The molecule has 0 aliphatic rings. The first-order chi connectivity index (χ1) is 18.2. The lowest BCUT2D eigenvalue weighted by molar-refractivity contribution is 0.0533. The molecule has 38 heavy (non-hydrogen) atoms. The summed E-state index contributed by atoms with van der Waals surface area (Å²) in [5.41, 5.74) is 9.70. The topological polar surface area (TPSA) is 148 Å². The minimum absolute atomic E-state index is 0.334. The Balaban J connectivity index is 1.66. The number of aryl methyl sites for hydroxylation is 3. The van der Waals surface area contributed by atoms with Gasteiger partial charge in [-0.1, -0.05) is 12.1 Å². The summed E-state index contributed by atoms with van der Waals surface area (Å²) in [7, 11) is 2.71. The highest BCUT2D eigenvalue weighted by Gasteiger charge is 2.20. The Kier molecular flexibility index (Phi) is 7.65. The van der Waals surface area contributed by atoms with Crippen molar-refractivity contribution in [2.45, 2.75) is 20.8 Å². The number of benzene rings is 2. The summed E-state index contributed by atoms with van der Waals surface area (Å²) in [6.07, 6.45) is 2.98. The molecule has 12 heteroatoms. The van der Waals surface area contributed by atoms with Gasteiger partial charge in [-0.05, 0) is 61.7 Å². The Morgan fingerprint density at radius 2 is 1.39 bits per heavy atom. The van der Waals surface area contributed by atoms with Gasteiger partial charge in [-0.2, -0.15) is 5.10 Å². The number of aromatic nitrogens is 3. The van der Waals surface area contributed by atoms with Gasteiger partial charge in [0, 0.05) is 28.7 Å². The summed E-state index contributed by atoms with van der Waals surface area (Å²) in [5, 5.41) is 10.4. The number of rotatable bonds is 8. The largest absolute Gasteiger partial charge is 0.338 e. The number of nitrogens with zero attached hydrogens (tertiary/aromatic N) is 3. The van der Waals surface area contributed by atoms with Gasteiger partial charge < -0.3 is 10.6 Å². The van der Waals surface area contributed by atoms with Gasteiger partial charge in [0.2, 0.25) is 0 Å². The fourth-order valence-corrected chi connectivity index (χ4v) is 3.90. The van der Waals surface area contributed by atoms with Crippen LogP contribution in [0.1, 0.15) is 47.8 Å². The van der Waals surface area contributed by atoms with Crippen molar-refractivity contribution < 1.29 is 24.1 Å². The van der Waals surface area contributed by atoms with Crippen molar-refractivity contribution in [3.05, 3.63) is 82.3 Å². The molecule has 0 saturated carbocycles. The number of hydroxylamine groups is 2. The van der Waals surface area contributed by atoms with Crippen LogP contribution in [0.15, 0.2) is 48.9 Å². The molecule has 2 heterocycles. The fraction of sp³-hybridized carbons (Fsp3) is 0.192. The number of nitrogens with one attached hydrogen (secondary N) is 4. The number of carbonyl (C=O) groups excluding carboxylic acids is 3. The van der Waals surface area contributed by atoms with E-state index in [9.17, 15) is 14.4 Å². The van der Waals surface area contributed by atoms with E-state index in [0.717, 1.165) is 11.1 Å².